The standard InChI is InChI=1S/C13H17N3O/c1-9-13(16-6-2-3-7-16)15-11-5-4-10(14)8-12(11)17-9/h4-5,8-9H,2-3,6-7,14H2,1H3. The first-order valence-corrected chi connectivity index (χ1v) is 6.14. The molecule has 0 aliphatic carbocycles. The Balaban J connectivity index is 1.97. The minimum absolute atomic E-state index is 0.0161. The molecule has 1 atom stereocenters. The molecule has 2 aliphatic heterocycles. The van der Waals surface area contributed by atoms with Crippen molar-refractivity contribution >= 4 is 17.2 Å². The Hall–Kier alpha value is -1.71. The maximum absolute atomic E-state index is 5.89. The van der Waals surface area contributed by atoms with Crippen LogP contribution < -0.4 is 10.5 Å². The number of hydrogen-bond acceptors (Lipinski definition) is 4. The SMILES string of the molecule is CC1Oc2cc(N)ccc2N=C1N1CCCC1. The highest BCUT2D eigenvalue weighted by atomic mass is 16.5. The zero-order valence-electron chi connectivity index (χ0n) is 10.0. The Morgan fingerprint density at radius 3 is 2.88 bits per heavy atom. The van der Waals surface area contributed by atoms with Gasteiger partial charge in [-0.25, -0.2) is 4.99 Å². The lowest BCUT2D eigenvalue weighted by molar-refractivity contribution is 0.261. The van der Waals surface area contributed by atoms with E-state index in [2.05, 4.69) is 4.90 Å². The minimum Gasteiger partial charge on any atom is -0.480 e. The fourth-order valence-electron chi connectivity index (χ4n) is 2.45. The third kappa shape index (κ3) is 1.84. The van der Waals surface area contributed by atoms with E-state index in [9.17, 15) is 0 Å². The van der Waals surface area contributed by atoms with Gasteiger partial charge in [-0.2, -0.15) is 0 Å². The summed E-state index contributed by atoms with van der Waals surface area (Å²) in [5.41, 5.74) is 7.35. The Morgan fingerprint density at radius 2 is 2.12 bits per heavy atom. The number of benzene rings is 1. The third-order valence-corrected chi connectivity index (χ3v) is 3.32. The van der Waals surface area contributed by atoms with Crippen molar-refractivity contribution in [3.05, 3.63) is 18.2 Å². The Morgan fingerprint density at radius 1 is 1.35 bits per heavy atom. The molecule has 0 bridgehead atoms. The summed E-state index contributed by atoms with van der Waals surface area (Å²) >= 11 is 0. The molecule has 1 aromatic rings. The lowest BCUT2D eigenvalue weighted by atomic mass is 10.2. The van der Waals surface area contributed by atoms with Gasteiger partial charge in [-0.05, 0) is 31.9 Å². The molecule has 0 aromatic heterocycles. The number of aliphatic imine (C=N–C) groups is 1. The molecule has 1 unspecified atom stereocenters. The van der Waals surface area contributed by atoms with Gasteiger partial charge < -0.3 is 15.4 Å². The van der Waals surface area contributed by atoms with Crippen LogP contribution in [0.5, 0.6) is 5.75 Å². The van der Waals surface area contributed by atoms with Crippen molar-refractivity contribution in [3.8, 4) is 5.75 Å². The summed E-state index contributed by atoms with van der Waals surface area (Å²) in [5.74, 6) is 1.85. The zero-order chi connectivity index (χ0) is 11.8. The predicted molar refractivity (Wildman–Crippen MR) is 68.8 cm³/mol. The van der Waals surface area contributed by atoms with Crippen LogP contribution in [0.4, 0.5) is 11.4 Å². The Labute approximate surface area is 101 Å². The van der Waals surface area contributed by atoms with Crippen LogP contribution in [0, 0.1) is 0 Å². The lowest BCUT2D eigenvalue weighted by Crippen LogP contribution is -2.40. The molecule has 90 valence electrons. The van der Waals surface area contributed by atoms with E-state index in [-0.39, 0.29) is 6.10 Å². The highest BCUT2D eigenvalue weighted by molar-refractivity contribution is 5.91. The number of ether oxygens (including phenoxy) is 1. The van der Waals surface area contributed by atoms with Gasteiger partial charge >= 0.3 is 0 Å². The quantitative estimate of drug-likeness (QED) is 0.696. The van der Waals surface area contributed by atoms with E-state index in [1.807, 2.05) is 25.1 Å². The van der Waals surface area contributed by atoms with Gasteiger partial charge in [-0.1, -0.05) is 0 Å². The van der Waals surface area contributed by atoms with E-state index < -0.39 is 0 Å². The first-order valence-electron chi connectivity index (χ1n) is 6.14. The highest BCUT2D eigenvalue weighted by Gasteiger charge is 2.26. The monoisotopic (exact) mass is 231 g/mol. The average molecular weight is 231 g/mol. The van der Waals surface area contributed by atoms with E-state index in [1.54, 1.807) is 0 Å². The van der Waals surface area contributed by atoms with Gasteiger partial charge in [0.2, 0.25) is 0 Å². The molecule has 1 fully saturated rings. The number of nitrogens with zero attached hydrogens (tertiary/aromatic N) is 2. The van der Waals surface area contributed by atoms with Crippen molar-refractivity contribution < 1.29 is 4.74 Å². The molecule has 2 heterocycles. The van der Waals surface area contributed by atoms with E-state index in [1.165, 1.54) is 12.8 Å². The van der Waals surface area contributed by atoms with Crippen LogP contribution in [-0.4, -0.2) is 29.9 Å². The maximum Gasteiger partial charge on any atom is 0.153 e. The van der Waals surface area contributed by atoms with Gasteiger partial charge in [0.25, 0.3) is 0 Å². The number of rotatable bonds is 0. The molecule has 4 heteroatoms. The molecular formula is C13H17N3O. The second kappa shape index (κ2) is 3.95. The number of hydrogen-bond donors (Lipinski definition) is 1. The number of fused-ring (bicyclic) bond motifs is 1. The largest absolute Gasteiger partial charge is 0.480 e. The van der Waals surface area contributed by atoms with Crippen molar-refractivity contribution in [2.45, 2.75) is 25.9 Å². The van der Waals surface area contributed by atoms with Crippen molar-refractivity contribution in [1.82, 2.24) is 4.90 Å². The van der Waals surface area contributed by atoms with Crippen LogP contribution in [-0.2, 0) is 0 Å². The first kappa shape index (κ1) is 10.4. The van der Waals surface area contributed by atoms with E-state index in [0.717, 1.165) is 36.0 Å². The molecule has 0 spiro atoms. The fraction of sp³-hybridized carbons (Fsp3) is 0.462. The van der Waals surface area contributed by atoms with Crippen LogP contribution in [0.25, 0.3) is 0 Å². The summed E-state index contributed by atoms with van der Waals surface area (Å²) < 4.78 is 5.89. The number of amidine groups is 1. The summed E-state index contributed by atoms with van der Waals surface area (Å²) in [6.07, 6.45) is 2.52. The molecule has 3 rings (SSSR count). The molecule has 0 saturated carbocycles. The Bertz CT molecular complexity index is 464. The summed E-state index contributed by atoms with van der Waals surface area (Å²) in [6.45, 7) is 4.23. The summed E-state index contributed by atoms with van der Waals surface area (Å²) in [7, 11) is 0. The molecule has 0 radical (unpaired) electrons. The molecule has 4 nitrogen and oxygen atoms in total. The fourth-order valence-corrected chi connectivity index (χ4v) is 2.45. The molecular weight excluding hydrogens is 214 g/mol. The lowest BCUT2D eigenvalue weighted by Gasteiger charge is -2.29. The predicted octanol–water partition coefficient (Wildman–Crippen LogP) is 2.18. The molecule has 2 aliphatic rings. The van der Waals surface area contributed by atoms with Gasteiger partial charge in [0.15, 0.2) is 6.10 Å². The normalized spacial score (nSPS) is 23.0. The van der Waals surface area contributed by atoms with Gasteiger partial charge in [0.1, 0.15) is 17.3 Å². The first-order chi connectivity index (χ1) is 8.24. The summed E-state index contributed by atoms with van der Waals surface area (Å²) in [6, 6.07) is 5.63. The van der Waals surface area contributed by atoms with Gasteiger partial charge in [-0.3, -0.25) is 0 Å². The van der Waals surface area contributed by atoms with Crippen LogP contribution >= 0.6 is 0 Å². The summed E-state index contributed by atoms with van der Waals surface area (Å²) in [5, 5.41) is 0. The van der Waals surface area contributed by atoms with Crippen molar-refractivity contribution in [3.63, 3.8) is 0 Å². The van der Waals surface area contributed by atoms with Gasteiger partial charge in [0.05, 0.1) is 0 Å². The number of nitrogen functional groups attached to an aromatic ring is 1. The van der Waals surface area contributed by atoms with Crippen molar-refractivity contribution in [2.75, 3.05) is 18.8 Å². The minimum atomic E-state index is 0.0161. The van der Waals surface area contributed by atoms with Gasteiger partial charge in [0, 0.05) is 24.8 Å². The van der Waals surface area contributed by atoms with Crippen LogP contribution in [0.2, 0.25) is 0 Å². The van der Waals surface area contributed by atoms with Crippen molar-refractivity contribution in [2.24, 2.45) is 4.99 Å². The number of likely N-dealkylation sites (tertiary alicyclic amines) is 1. The molecule has 2 N–H and O–H groups in total. The topological polar surface area (TPSA) is 50.9 Å². The van der Waals surface area contributed by atoms with E-state index in [0.29, 0.717) is 0 Å². The van der Waals surface area contributed by atoms with Crippen molar-refractivity contribution in [1.29, 1.82) is 0 Å². The molecule has 0 amide bonds. The zero-order valence-corrected chi connectivity index (χ0v) is 10.0. The average Bonchev–Trinajstić information content (AvgIpc) is 2.81. The van der Waals surface area contributed by atoms with Crippen LogP contribution in [0.3, 0.4) is 0 Å². The third-order valence-electron chi connectivity index (χ3n) is 3.32. The maximum atomic E-state index is 5.89. The summed E-state index contributed by atoms with van der Waals surface area (Å²) in [4.78, 5) is 7.03. The smallest absolute Gasteiger partial charge is 0.153 e. The van der Waals surface area contributed by atoms with Gasteiger partial charge in [-0.15, -0.1) is 0 Å². The van der Waals surface area contributed by atoms with E-state index in [4.69, 9.17) is 15.5 Å². The van der Waals surface area contributed by atoms with E-state index >= 15 is 0 Å². The molecule has 1 aromatic carbocycles. The highest BCUT2D eigenvalue weighted by Crippen LogP contribution is 2.35. The molecule has 1 saturated heterocycles. The number of anilines is 1. The molecule has 17 heavy (non-hydrogen) atoms. The second-order valence-corrected chi connectivity index (χ2v) is 4.65. The van der Waals surface area contributed by atoms with Crippen LogP contribution in [0.15, 0.2) is 23.2 Å². The second-order valence-electron chi connectivity index (χ2n) is 4.65. The Kier molecular flexibility index (Phi) is 2.42. The number of nitrogens with two attached hydrogens (primary N) is 1. The van der Waals surface area contributed by atoms with Crippen LogP contribution in [0.1, 0.15) is 19.8 Å².